The van der Waals surface area contributed by atoms with Crippen molar-refractivity contribution in [3.05, 3.63) is 46.5 Å². The van der Waals surface area contributed by atoms with E-state index >= 15 is 0 Å². The van der Waals surface area contributed by atoms with Crippen molar-refractivity contribution < 1.29 is 43.2 Å². The number of piperidine rings is 1. The molecule has 0 spiro atoms. The highest BCUT2D eigenvalue weighted by Crippen LogP contribution is 2.34. The number of carboxylic acids is 1. The maximum atomic E-state index is 13.3. The minimum atomic E-state index is -1.21. The molecule has 1 saturated heterocycles. The number of hydrogen-bond donors (Lipinski definition) is 2. The van der Waals surface area contributed by atoms with Gasteiger partial charge >= 0.3 is 5.97 Å². The molecule has 1 aliphatic heterocycles. The van der Waals surface area contributed by atoms with Gasteiger partial charge in [0.2, 0.25) is 0 Å². The van der Waals surface area contributed by atoms with Gasteiger partial charge in [-0.1, -0.05) is 0 Å². The minimum Gasteiger partial charge on any atom is -0.496 e. The van der Waals surface area contributed by atoms with E-state index in [4.69, 9.17) is 24.7 Å². The predicted molar refractivity (Wildman–Crippen MR) is 151 cm³/mol. The molecule has 0 aliphatic carbocycles. The molecule has 2 aromatic rings. The normalized spacial score (nSPS) is 13.4. The number of Topliss-reactive ketones (excluding diaryl/α,β-unsaturated/α-hetero) is 2. The lowest BCUT2D eigenvalue weighted by molar-refractivity contribution is 0.0677. The lowest BCUT2D eigenvalue weighted by atomic mass is 9.89. The second kappa shape index (κ2) is 14.5. The van der Waals surface area contributed by atoms with Crippen molar-refractivity contribution in [2.75, 3.05) is 48.1 Å². The molecule has 1 fully saturated rings. The molecule has 222 valence electrons. The third-order valence-corrected chi connectivity index (χ3v) is 7.39. The molecule has 0 radical (unpaired) electrons. The van der Waals surface area contributed by atoms with Crippen molar-refractivity contribution in [2.45, 2.75) is 38.5 Å². The second-order valence-electron chi connectivity index (χ2n) is 9.82. The fourth-order valence-corrected chi connectivity index (χ4v) is 5.03. The molecule has 0 aromatic heterocycles. The summed E-state index contributed by atoms with van der Waals surface area (Å²) in [7, 11) is 5.69. The Kier molecular flexibility index (Phi) is 11.1. The third kappa shape index (κ3) is 7.35. The van der Waals surface area contributed by atoms with E-state index < -0.39 is 5.97 Å². The summed E-state index contributed by atoms with van der Waals surface area (Å²) in [6.07, 6.45) is 3.03. The number of carboxylic acid groups (broad SMARTS) is 1. The molecule has 0 bridgehead atoms. The molecule has 11 nitrogen and oxygen atoms in total. The summed E-state index contributed by atoms with van der Waals surface area (Å²) in [4.78, 5) is 52.6. The number of aromatic carboxylic acids is 1. The van der Waals surface area contributed by atoms with Crippen LogP contribution in [0.15, 0.2) is 24.3 Å². The highest BCUT2D eigenvalue weighted by Gasteiger charge is 2.28. The van der Waals surface area contributed by atoms with Gasteiger partial charge in [0.05, 0.1) is 45.1 Å². The molecule has 0 saturated carbocycles. The Labute approximate surface area is 239 Å². The van der Waals surface area contributed by atoms with Crippen LogP contribution in [0, 0.1) is 5.92 Å². The van der Waals surface area contributed by atoms with Gasteiger partial charge in [0, 0.05) is 38.1 Å². The lowest BCUT2D eigenvalue weighted by Crippen LogP contribution is -2.38. The number of rotatable bonds is 14. The second-order valence-corrected chi connectivity index (χ2v) is 9.82. The molecule has 1 aliphatic rings. The summed E-state index contributed by atoms with van der Waals surface area (Å²) < 4.78 is 21.3. The van der Waals surface area contributed by atoms with E-state index in [-0.39, 0.29) is 58.9 Å². The number of carbonyl (C=O) groups excluding carboxylic acids is 3. The Bertz CT molecular complexity index is 1280. The summed E-state index contributed by atoms with van der Waals surface area (Å²) in [5, 5.41) is 9.52. The lowest BCUT2D eigenvalue weighted by Gasteiger charge is -2.32. The average molecular weight is 571 g/mol. The molecule has 3 N–H and O–H groups in total. The predicted octanol–water partition coefficient (Wildman–Crippen LogP) is 3.86. The maximum absolute atomic E-state index is 13.3. The quantitative estimate of drug-likeness (QED) is 0.320. The minimum absolute atomic E-state index is 0.106. The first kappa shape index (κ1) is 31.4. The van der Waals surface area contributed by atoms with Crippen LogP contribution in [0.4, 0.5) is 0 Å². The number of nitrogens with two attached hydrogens (primary N) is 1. The zero-order valence-electron chi connectivity index (χ0n) is 24.0. The largest absolute Gasteiger partial charge is 0.496 e. The van der Waals surface area contributed by atoms with Crippen molar-refractivity contribution >= 4 is 23.4 Å². The van der Waals surface area contributed by atoms with Gasteiger partial charge in [0.25, 0.3) is 5.91 Å². The van der Waals surface area contributed by atoms with Crippen molar-refractivity contribution in [3.63, 3.8) is 0 Å². The maximum Gasteiger partial charge on any atom is 0.339 e. The molecular formula is C30H38N2O9. The van der Waals surface area contributed by atoms with Crippen molar-refractivity contribution in [1.82, 2.24) is 4.90 Å². The van der Waals surface area contributed by atoms with Crippen molar-refractivity contribution in [1.29, 1.82) is 0 Å². The van der Waals surface area contributed by atoms with Gasteiger partial charge in [-0.05, 0) is 50.3 Å². The van der Waals surface area contributed by atoms with Crippen LogP contribution >= 0.6 is 0 Å². The molecule has 1 amide bonds. The summed E-state index contributed by atoms with van der Waals surface area (Å²) in [5.74, 6) is -0.568. The first-order chi connectivity index (χ1) is 19.7. The number of hydrogen-bond acceptors (Lipinski definition) is 9. The molecule has 2 aromatic carbocycles. The van der Waals surface area contributed by atoms with Gasteiger partial charge in [-0.15, -0.1) is 0 Å². The van der Waals surface area contributed by atoms with E-state index in [0.29, 0.717) is 67.9 Å². The molecule has 3 rings (SSSR count). The van der Waals surface area contributed by atoms with Crippen LogP contribution in [0.1, 0.15) is 80.0 Å². The topological polar surface area (TPSA) is 155 Å². The molecule has 0 atom stereocenters. The standard InChI is InChI=1S/C30H38N2O9/c1-38-25-16-26(39-2)20(14-19(25)23(33)6-5-11-31)24(34)8-7-18-9-12-32(13-10-18)29(35)21-15-22(30(36)37)28(41-4)17-27(21)40-3/h14-18H,5-13,31H2,1-4H3,(H,36,37). The zero-order chi connectivity index (χ0) is 30.1. The number of carbonyl (C=O) groups is 4. The van der Waals surface area contributed by atoms with Gasteiger partial charge in [-0.2, -0.15) is 0 Å². The number of likely N-dealkylation sites (tertiary alicyclic amines) is 1. The summed E-state index contributed by atoms with van der Waals surface area (Å²) in [6.45, 7) is 1.30. The van der Waals surface area contributed by atoms with Gasteiger partial charge in [-0.25, -0.2) is 4.79 Å². The number of methoxy groups -OCH3 is 4. The van der Waals surface area contributed by atoms with Crippen LogP contribution in [0.2, 0.25) is 0 Å². The smallest absolute Gasteiger partial charge is 0.339 e. The van der Waals surface area contributed by atoms with Gasteiger partial charge in [-0.3, -0.25) is 14.4 Å². The Morgan fingerprint density at radius 1 is 0.756 bits per heavy atom. The SMILES string of the molecule is COc1cc(OC)c(C(=O)N2CCC(CCC(=O)c3cc(C(=O)CCCN)c(OC)cc3OC)CC2)cc1C(=O)O. The summed E-state index contributed by atoms with van der Waals surface area (Å²) in [5.41, 5.74) is 6.24. The first-order valence-corrected chi connectivity index (χ1v) is 13.5. The van der Waals surface area contributed by atoms with Crippen molar-refractivity contribution in [3.8, 4) is 23.0 Å². The van der Waals surface area contributed by atoms with Crippen LogP contribution < -0.4 is 24.7 Å². The third-order valence-electron chi connectivity index (χ3n) is 7.39. The fourth-order valence-electron chi connectivity index (χ4n) is 5.03. The number of amides is 1. The Hall–Kier alpha value is -4.12. The Balaban J connectivity index is 1.66. The first-order valence-electron chi connectivity index (χ1n) is 13.5. The number of ether oxygens (including phenoxy) is 4. The van der Waals surface area contributed by atoms with Crippen LogP contribution in [0.3, 0.4) is 0 Å². The molecule has 0 unspecified atom stereocenters. The van der Waals surface area contributed by atoms with Crippen molar-refractivity contribution in [2.24, 2.45) is 11.7 Å². The van der Waals surface area contributed by atoms with E-state index in [1.807, 2.05) is 0 Å². The Morgan fingerprint density at radius 3 is 1.71 bits per heavy atom. The fraction of sp³-hybridized carbons (Fsp3) is 0.467. The van der Waals surface area contributed by atoms with E-state index in [9.17, 15) is 24.3 Å². The Morgan fingerprint density at radius 2 is 1.22 bits per heavy atom. The monoisotopic (exact) mass is 570 g/mol. The molecule has 11 heteroatoms. The van der Waals surface area contributed by atoms with Crippen LogP contribution in [-0.2, 0) is 0 Å². The summed E-state index contributed by atoms with van der Waals surface area (Å²) >= 11 is 0. The van der Waals surface area contributed by atoms with E-state index in [2.05, 4.69) is 0 Å². The van der Waals surface area contributed by atoms with E-state index in [1.165, 1.54) is 40.6 Å². The number of benzene rings is 2. The highest BCUT2D eigenvalue weighted by molar-refractivity contribution is 6.05. The summed E-state index contributed by atoms with van der Waals surface area (Å²) in [6, 6.07) is 5.80. The molecular weight excluding hydrogens is 532 g/mol. The van der Waals surface area contributed by atoms with Crippen LogP contribution in [-0.4, -0.2) is 81.5 Å². The average Bonchev–Trinajstić information content (AvgIpc) is 3.00. The van der Waals surface area contributed by atoms with Gasteiger partial charge in [0.15, 0.2) is 11.6 Å². The number of nitrogens with zero attached hydrogens (tertiary/aromatic N) is 1. The van der Waals surface area contributed by atoms with Gasteiger partial charge < -0.3 is 34.7 Å². The van der Waals surface area contributed by atoms with Crippen LogP contribution in [0.5, 0.6) is 23.0 Å². The number of ketones is 2. The molecule has 1 heterocycles. The zero-order valence-corrected chi connectivity index (χ0v) is 24.0. The highest BCUT2D eigenvalue weighted by atomic mass is 16.5. The molecule has 41 heavy (non-hydrogen) atoms. The van der Waals surface area contributed by atoms with Crippen LogP contribution in [0.25, 0.3) is 0 Å². The van der Waals surface area contributed by atoms with E-state index in [0.717, 1.165) is 0 Å². The van der Waals surface area contributed by atoms with Gasteiger partial charge in [0.1, 0.15) is 28.6 Å². The van der Waals surface area contributed by atoms with E-state index in [1.54, 1.807) is 17.0 Å².